The van der Waals surface area contributed by atoms with Gasteiger partial charge in [-0.2, -0.15) is 0 Å². The molecule has 2 heterocycles. The number of benzene rings is 1. The molecule has 32 heavy (non-hydrogen) atoms. The average molecular weight is 458 g/mol. The van der Waals surface area contributed by atoms with Crippen LogP contribution in [-0.4, -0.2) is 59.1 Å². The van der Waals surface area contributed by atoms with Crippen LogP contribution in [0.2, 0.25) is 0 Å². The molecule has 1 aromatic carbocycles. The Kier molecular flexibility index (Phi) is 6.99. The molecular weight excluding hydrogens is 430 g/mol. The number of likely N-dealkylation sites (tertiary alicyclic amines) is 1. The van der Waals surface area contributed by atoms with Crippen molar-refractivity contribution in [1.82, 2.24) is 20.4 Å². The van der Waals surface area contributed by atoms with Crippen LogP contribution in [0.5, 0.6) is 5.75 Å². The van der Waals surface area contributed by atoms with Gasteiger partial charge in [0.05, 0.1) is 13.0 Å². The van der Waals surface area contributed by atoms with E-state index in [1.165, 1.54) is 0 Å². The summed E-state index contributed by atoms with van der Waals surface area (Å²) >= 11 is 0.955. The van der Waals surface area contributed by atoms with Crippen molar-refractivity contribution in [2.45, 2.75) is 44.6 Å². The number of carbonyl (C=O) groups excluding carboxylic acids is 3. The zero-order valence-corrected chi connectivity index (χ0v) is 18.8. The van der Waals surface area contributed by atoms with Crippen LogP contribution in [0.4, 0.5) is 5.69 Å². The molecule has 10 heteroatoms. The van der Waals surface area contributed by atoms with Crippen molar-refractivity contribution >= 4 is 34.7 Å². The molecule has 0 radical (unpaired) electrons. The summed E-state index contributed by atoms with van der Waals surface area (Å²) in [4.78, 5) is 39.7. The second-order valence-electron chi connectivity index (χ2n) is 8.18. The van der Waals surface area contributed by atoms with Crippen LogP contribution in [0, 0.1) is 5.92 Å². The lowest BCUT2D eigenvalue weighted by molar-refractivity contribution is -0.127. The highest BCUT2D eigenvalue weighted by Crippen LogP contribution is 2.23. The summed E-state index contributed by atoms with van der Waals surface area (Å²) in [7, 11) is 1.57. The first kappa shape index (κ1) is 22.2. The number of nitrogens with one attached hydrogen (secondary N) is 2. The van der Waals surface area contributed by atoms with Crippen molar-refractivity contribution in [3.8, 4) is 5.75 Å². The lowest BCUT2D eigenvalue weighted by atomic mass is 9.96. The molecule has 0 bridgehead atoms. The zero-order chi connectivity index (χ0) is 22.5. The van der Waals surface area contributed by atoms with E-state index in [0.29, 0.717) is 24.5 Å². The lowest BCUT2D eigenvalue weighted by Crippen LogP contribution is -2.47. The Hall–Kier alpha value is -3.01. The molecule has 1 saturated heterocycles. The van der Waals surface area contributed by atoms with Gasteiger partial charge in [-0.05, 0) is 49.9 Å². The zero-order valence-electron chi connectivity index (χ0n) is 18.0. The monoisotopic (exact) mass is 457 g/mol. The highest BCUT2D eigenvalue weighted by atomic mass is 32.1. The number of hydrogen-bond donors (Lipinski definition) is 2. The highest BCUT2D eigenvalue weighted by molar-refractivity contribution is 7.15. The third-order valence-electron chi connectivity index (χ3n) is 5.93. The molecule has 1 saturated carbocycles. The summed E-state index contributed by atoms with van der Waals surface area (Å²) in [6, 6.07) is 7.17. The van der Waals surface area contributed by atoms with Crippen LogP contribution in [-0.2, 0) is 4.79 Å². The molecule has 1 aromatic heterocycles. The van der Waals surface area contributed by atoms with Crippen molar-refractivity contribution < 1.29 is 19.1 Å². The van der Waals surface area contributed by atoms with Crippen LogP contribution >= 0.6 is 11.3 Å². The van der Waals surface area contributed by atoms with E-state index < -0.39 is 5.91 Å². The van der Waals surface area contributed by atoms with Crippen LogP contribution in [0.25, 0.3) is 0 Å². The van der Waals surface area contributed by atoms with Crippen molar-refractivity contribution in [3.63, 3.8) is 0 Å². The number of ether oxygens (including phenoxy) is 1. The van der Waals surface area contributed by atoms with Gasteiger partial charge in [0.1, 0.15) is 5.75 Å². The van der Waals surface area contributed by atoms with Gasteiger partial charge in [0, 0.05) is 24.8 Å². The van der Waals surface area contributed by atoms with Gasteiger partial charge in [0.2, 0.25) is 15.9 Å². The first-order chi connectivity index (χ1) is 15.5. The van der Waals surface area contributed by atoms with Crippen LogP contribution < -0.4 is 15.4 Å². The van der Waals surface area contributed by atoms with Crippen molar-refractivity contribution in [2.75, 3.05) is 25.5 Å². The van der Waals surface area contributed by atoms with Crippen molar-refractivity contribution in [1.29, 1.82) is 0 Å². The minimum Gasteiger partial charge on any atom is -0.497 e. The topological polar surface area (TPSA) is 114 Å². The first-order valence-corrected chi connectivity index (χ1v) is 11.7. The third-order valence-corrected chi connectivity index (χ3v) is 6.84. The van der Waals surface area contributed by atoms with E-state index in [0.717, 1.165) is 49.9 Å². The number of anilines is 1. The van der Waals surface area contributed by atoms with E-state index in [-0.39, 0.29) is 33.8 Å². The predicted molar refractivity (Wildman–Crippen MR) is 120 cm³/mol. The van der Waals surface area contributed by atoms with Crippen LogP contribution in [0.15, 0.2) is 24.3 Å². The Balaban J connectivity index is 1.34. The third kappa shape index (κ3) is 5.24. The SMILES string of the molecule is COc1ccc(NC(=O)c2nnc(C(=O)N3CCC[C@@H](C(=O)NC4CCCC4)C3)s2)cc1. The molecule has 1 atom stereocenters. The standard InChI is InChI=1S/C22H27N5O4S/c1-31-17-10-8-16(9-11-17)24-19(29)20-25-26-21(32-20)22(30)27-12-4-5-14(13-27)18(28)23-15-6-2-3-7-15/h8-11,14-15H,2-7,12-13H2,1H3,(H,23,28)(H,24,29)/t14-/m1/s1. The summed E-state index contributed by atoms with van der Waals surface area (Å²) in [5.74, 6) is -0.211. The summed E-state index contributed by atoms with van der Waals surface area (Å²) < 4.78 is 5.10. The normalized spacial score (nSPS) is 18.9. The van der Waals surface area contributed by atoms with Crippen molar-refractivity contribution in [3.05, 3.63) is 34.3 Å². The van der Waals surface area contributed by atoms with Crippen molar-refractivity contribution in [2.24, 2.45) is 5.92 Å². The second kappa shape index (κ2) is 10.1. The lowest BCUT2D eigenvalue weighted by Gasteiger charge is -2.32. The fraction of sp³-hybridized carbons (Fsp3) is 0.500. The van der Waals surface area contributed by atoms with Crippen LogP contribution in [0.3, 0.4) is 0 Å². The number of amides is 3. The molecule has 9 nitrogen and oxygen atoms in total. The Labute approximate surface area is 190 Å². The molecular formula is C22H27N5O4S. The Morgan fingerprint density at radius 3 is 2.47 bits per heavy atom. The molecule has 4 rings (SSSR count). The van der Waals surface area contributed by atoms with E-state index in [4.69, 9.17) is 4.74 Å². The molecule has 2 N–H and O–H groups in total. The van der Waals surface area contributed by atoms with Gasteiger partial charge >= 0.3 is 0 Å². The molecule has 0 unspecified atom stereocenters. The fourth-order valence-electron chi connectivity index (χ4n) is 4.16. The van der Waals surface area contributed by atoms with E-state index in [1.54, 1.807) is 36.3 Å². The maximum absolute atomic E-state index is 12.9. The molecule has 0 spiro atoms. The Morgan fingerprint density at radius 1 is 1.03 bits per heavy atom. The van der Waals surface area contributed by atoms with Gasteiger partial charge in [-0.25, -0.2) is 0 Å². The Morgan fingerprint density at radius 2 is 1.75 bits per heavy atom. The van der Waals surface area contributed by atoms with Gasteiger partial charge in [0.15, 0.2) is 0 Å². The smallest absolute Gasteiger partial charge is 0.286 e. The molecule has 2 aliphatic rings. The second-order valence-corrected chi connectivity index (χ2v) is 9.15. The number of aromatic nitrogens is 2. The average Bonchev–Trinajstić information content (AvgIpc) is 3.52. The molecule has 3 amide bonds. The summed E-state index contributed by atoms with van der Waals surface area (Å²) in [5, 5.41) is 13.9. The number of rotatable bonds is 6. The first-order valence-electron chi connectivity index (χ1n) is 10.9. The molecule has 170 valence electrons. The van der Waals surface area contributed by atoms with E-state index in [1.807, 2.05) is 0 Å². The maximum atomic E-state index is 12.9. The number of nitrogens with zero attached hydrogens (tertiary/aromatic N) is 3. The summed E-state index contributed by atoms with van der Waals surface area (Å²) in [5.41, 5.74) is 0.589. The molecule has 2 aromatic rings. The minimum absolute atomic E-state index is 0.0335. The summed E-state index contributed by atoms with van der Waals surface area (Å²) in [6.45, 7) is 0.934. The molecule has 1 aliphatic heterocycles. The van der Waals surface area contributed by atoms with E-state index in [9.17, 15) is 14.4 Å². The van der Waals surface area contributed by atoms with E-state index in [2.05, 4.69) is 20.8 Å². The van der Waals surface area contributed by atoms with Crippen LogP contribution in [0.1, 0.15) is 58.1 Å². The number of methoxy groups -OCH3 is 1. The number of hydrogen-bond acceptors (Lipinski definition) is 7. The minimum atomic E-state index is -0.431. The molecule has 1 aliphatic carbocycles. The molecule has 2 fully saturated rings. The summed E-state index contributed by atoms with van der Waals surface area (Å²) in [6.07, 6.45) is 5.92. The van der Waals surface area contributed by atoms with Gasteiger partial charge in [0.25, 0.3) is 11.8 Å². The quantitative estimate of drug-likeness (QED) is 0.690. The number of carbonyl (C=O) groups is 3. The van der Waals surface area contributed by atoms with Gasteiger partial charge in [-0.1, -0.05) is 24.2 Å². The number of piperidine rings is 1. The van der Waals surface area contributed by atoms with E-state index >= 15 is 0 Å². The van der Waals surface area contributed by atoms with Gasteiger partial charge in [-0.15, -0.1) is 10.2 Å². The Bertz CT molecular complexity index is 971. The maximum Gasteiger partial charge on any atom is 0.286 e. The highest BCUT2D eigenvalue weighted by Gasteiger charge is 2.32. The predicted octanol–water partition coefficient (Wildman–Crippen LogP) is 2.71. The largest absolute Gasteiger partial charge is 0.497 e. The van der Waals surface area contributed by atoms with Gasteiger partial charge in [-0.3, -0.25) is 14.4 Å². The fourth-order valence-corrected chi connectivity index (χ4v) is 4.87. The van der Waals surface area contributed by atoms with Gasteiger partial charge < -0.3 is 20.3 Å².